The standard InChI is InChI=1S/C20H20IN3O2S/c21-15-5-7-16(8-6-15)27(25,26)23-19-9-10-20(24-13-11-22-12-14-24)18-4-2-1-3-17(18)19/h1-10,22-23H,11-14H2. The number of anilines is 2. The van der Waals surface area contributed by atoms with Crippen LogP contribution < -0.4 is 14.9 Å². The van der Waals surface area contributed by atoms with Crippen molar-refractivity contribution >= 4 is 54.8 Å². The summed E-state index contributed by atoms with van der Waals surface area (Å²) in [5.74, 6) is 0. The Hall–Kier alpha value is -1.84. The van der Waals surface area contributed by atoms with Crippen LogP contribution in [0.25, 0.3) is 10.8 Å². The topological polar surface area (TPSA) is 61.4 Å². The van der Waals surface area contributed by atoms with Crippen molar-refractivity contribution in [2.75, 3.05) is 35.8 Å². The van der Waals surface area contributed by atoms with Crippen LogP contribution in [-0.4, -0.2) is 34.6 Å². The maximum atomic E-state index is 12.8. The van der Waals surface area contributed by atoms with Crippen molar-refractivity contribution in [2.24, 2.45) is 0 Å². The van der Waals surface area contributed by atoms with Crippen molar-refractivity contribution < 1.29 is 8.42 Å². The number of piperazine rings is 1. The van der Waals surface area contributed by atoms with Crippen molar-refractivity contribution in [3.05, 3.63) is 64.2 Å². The van der Waals surface area contributed by atoms with Crippen LogP contribution in [0.15, 0.2) is 65.6 Å². The summed E-state index contributed by atoms with van der Waals surface area (Å²) >= 11 is 2.16. The molecule has 1 aliphatic rings. The lowest BCUT2D eigenvalue weighted by Crippen LogP contribution is -2.43. The summed E-state index contributed by atoms with van der Waals surface area (Å²) in [4.78, 5) is 2.61. The molecule has 0 aliphatic carbocycles. The van der Waals surface area contributed by atoms with Gasteiger partial charge in [0.2, 0.25) is 0 Å². The molecule has 7 heteroatoms. The Morgan fingerprint density at radius 2 is 1.56 bits per heavy atom. The van der Waals surface area contributed by atoms with Gasteiger partial charge in [0.25, 0.3) is 10.0 Å². The van der Waals surface area contributed by atoms with E-state index in [0.717, 1.165) is 46.2 Å². The lowest BCUT2D eigenvalue weighted by molar-refractivity contribution is 0.590. The molecule has 0 aromatic heterocycles. The van der Waals surface area contributed by atoms with Gasteiger partial charge in [-0.15, -0.1) is 0 Å². The van der Waals surface area contributed by atoms with Crippen LogP contribution in [0.3, 0.4) is 0 Å². The minimum Gasteiger partial charge on any atom is -0.368 e. The molecule has 1 heterocycles. The van der Waals surface area contributed by atoms with Gasteiger partial charge >= 0.3 is 0 Å². The summed E-state index contributed by atoms with van der Waals surface area (Å²) in [5.41, 5.74) is 1.74. The molecule has 0 atom stereocenters. The van der Waals surface area contributed by atoms with Gasteiger partial charge < -0.3 is 10.2 Å². The number of benzene rings is 3. The number of nitrogens with zero attached hydrogens (tertiary/aromatic N) is 1. The van der Waals surface area contributed by atoms with Crippen molar-refractivity contribution in [3.8, 4) is 0 Å². The monoisotopic (exact) mass is 493 g/mol. The number of hydrogen-bond donors (Lipinski definition) is 2. The Bertz CT molecular complexity index is 1060. The molecule has 0 spiro atoms. The van der Waals surface area contributed by atoms with Gasteiger partial charge in [-0.3, -0.25) is 4.72 Å². The van der Waals surface area contributed by atoms with Crippen LogP contribution in [0.5, 0.6) is 0 Å². The maximum absolute atomic E-state index is 12.8. The summed E-state index contributed by atoms with van der Waals surface area (Å²) in [6.45, 7) is 3.79. The molecule has 2 N–H and O–H groups in total. The molecular weight excluding hydrogens is 473 g/mol. The third-order valence-corrected chi connectivity index (χ3v) is 6.83. The molecule has 0 amide bonds. The second-order valence-electron chi connectivity index (χ2n) is 6.47. The van der Waals surface area contributed by atoms with E-state index in [1.807, 2.05) is 30.3 Å². The van der Waals surface area contributed by atoms with Gasteiger partial charge in [-0.05, 0) is 59.0 Å². The fourth-order valence-electron chi connectivity index (χ4n) is 3.37. The summed E-state index contributed by atoms with van der Waals surface area (Å²) in [5, 5.41) is 5.33. The molecule has 5 nitrogen and oxygen atoms in total. The summed E-state index contributed by atoms with van der Waals surface area (Å²) < 4.78 is 29.4. The van der Waals surface area contributed by atoms with E-state index in [2.05, 4.69) is 43.6 Å². The molecule has 1 saturated heterocycles. The lowest BCUT2D eigenvalue weighted by Gasteiger charge is -2.30. The number of hydrogen-bond acceptors (Lipinski definition) is 4. The van der Waals surface area contributed by atoms with E-state index >= 15 is 0 Å². The highest BCUT2D eigenvalue weighted by Gasteiger charge is 2.18. The second kappa shape index (κ2) is 7.65. The lowest BCUT2D eigenvalue weighted by atomic mass is 10.1. The van der Waals surface area contributed by atoms with E-state index in [1.165, 1.54) is 0 Å². The third-order valence-electron chi connectivity index (χ3n) is 4.73. The molecule has 3 aromatic carbocycles. The fraction of sp³-hybridized carbons (Fsp3) is 0.200. The van der Waals surface area contributed by atoms with Crippen molar-refractivity contribution in [2.45, 2.75) is 4.90 Å². The Morgan fingerprint density at radius 3 is 2.26 bits per heavy atom. The molecule has 3 aromatic rings. The van der Waals surface area contributed by atoms with Crippen LogP contribution in [0, 0.1) is 3.57 Å². The van der Waals surface area contributed by atoms with Gasteiger partial charge in [-0.1, -0.05) is 24.3 Å². The normalized spacial score (nSPS) is 15.1. The minimum atomic E-state index is -3.64. The Kier molecular flexibility index (Phi) is 5.25. The van der Waals surface area contributed by atoms with Crippen molar-refractivity contribution in [3.63, 3.8) is 0 Å². The molecule has 140 valence electrons. The van der Waals surface area contributed by atoms with E-state index in [4.69, 9.17) is 0 Å². The Morgan fingerprint density at radius 1 is 0.889 bits per heavy atom. The van der Waals surface area contributed by atoms with Crippen LogP contribution in [-0.2, 0) is 10.0 Å². The Labute approximate surface area is 173 Å². The average molecular weight is 493 g/mol. The highest BCUT2D eigenvalue weighted by Crippen LogP contribution is 2.33. The Balaban J connectivity index is 1.73. The SMILES string of the molecule is O=S(=O)(Nc1ccc(N2CCNCC2)c2ccccc12)c1ccc(I)cc1. The number of halogens is 1. The zero-order valence-electron chi connectivity index (χ0n) is 14.7. The summed E-state index contributed by atoms with van der Waals surface area (Å²) in [7, 11) is -3.64. The molecule has 0 unspecified atom stereocenters. The van der Waals surface area contributed by atoms with Crippen LogP contribution >= 0.6 is 22.6 Å². The molecule has 27 heavy (non-hydrogen) atoms. The number of nitrogens with one attached hydrogen (secondary N) is 2. The average Bonchev–Trinajstić information content (AvgIpc) is 2.69. The first-order valence-corrected chi connectivity index (χ1v) is 11.4. The predicted octanol–water partition coefficient (Wildman–Crippen LogP) is 3.65. The van der Waals surface area contributed by atoms with Gasteiger partial charge in [-0.2, -0.15) is 0 Å². The highest BCUT2D eigenvalue weighted by atomic mass is 127. The predicted molar refractivity (Wildman–Crippen MR) is 119 cm³/mol. The quantitative estimate of drug-likeness (QED) is 0.545. The molecule has 0 radical (unpaired) electrons. The first-order valence-electron chi connectivity index (χ1n) is 8.80. The maximum Gasteiger partial charge on any atom is 0.261 e. The van der Waals surface area contributed by atoms with Crippen LogP contribution in [0.1, 0.15) is 0 Å². The van der Waals surface area contributed by atoms with Gasteiger partial charge in [-0.25, -0.2) is 8.42 Å². The van der Waals surface area contributed by atoms with E-state index in [-0.39, 0.29) is 4.90 Å². The molecule has 1 fully saturated rings. The van der Waals surface area contributed by atoms with Gasteiger partial charge in [0, 0.05) is 46.2 Å². The van der Waals surface area contributed by atoms with E-state index in [1.54, 1.807) is 24.3 Å². The number of fused-ring (bicyclic) bond motifs is 1. The molecule has 0 saturated carbocycles. The van der Waals surface area contributed by atoms with Gasteiger partial charge in [0.15, 0.2) is 0 Å². The van der Waals surface area contributed by atoms with Gasteiger partial charge in [0.1, 0.15) is 0 Å². The molecule has 0 bridgehead atoms. The number of sulfonamides is 1. The minimum absolute atomic E-state index is 0.262. The first-order chi connectivity index (χ1) is 13.0. The number of rotatable bonds is 4. The largest absolute Gasteiger partial charge is 0.368 e. The highest BCUT2D eigenvalue weighted by molar-refractivity contribution is 14.1. The summed E-state index contributed by atoms with van der Waals surface area (Å²) in [6, 6.07) is 18.7. The fourth-order valence-corrected chi connectivity index (χ4v) is 4.81. The van der Waals surface area contributed by atoms with Crippen LogP contribution in [0.4, 0.5) is 11.4 Å². The smallest absolute Gasteiger partial charge is 0.261 e. The second-order valence-corrected chi connectivity index (χ2v) is 9.40. The zero-order valence-corrected chi connectivity index (χ0v) is 17.6. The van der Waals surface area contributed by atoms with Crippen LogP contribution in [0.2, 0.25) is 0 Å². The first kappa shape index (κ1) is 18.5. The third kappa shape index (κ3) is 3.90. The van der Waals surface area contributed by atoms with E-state index in [9.17, 15) is 8.42 Å². The van der Waals surface area contributed by atoms with E-state index < -0.39 is 10.0 Å². The molecule has 4 rings (SSSR count). The molecular formula is C20H20IN3O2S. The van der Waals surface area contributed by atoms with Gasteiger partial charge in [0.05, 0.1) is 10.6 Å². The summed E-state index contributed by atoms with van der Waals surface area (Å²) in [6.07, 6.45) is 0. The zero-order chi connectivity index (χ0) is 18.9. The van der Waals surface area contributed by atoms with Crippen molar-refractivity contribution in [1.82, 2.24) is 5.32 Å². The van der Waals surface area contributed by atoms with Crippen molar-refractivity contribution in [1.29, 1.82) is 0 Å². The molecule has 1 aliphatic heterocycles. The van der Waals surface area contributed by atoms with E-state index in [0.29, 0.717) is 5.69 Å².